The standard InChI is InChI=1S/C22H29N3O3/c26-20-8-4-7-19(15-20)21(27)16-24-22(28)23-11-14-25-12-9-18(10-13-25)17-5-2-1-3-6-17/h1-8,15,18,21,26-27H,9-14,16H2,(H2,23,24,28). The average Bonchev–Trinajstić information content (AvgIpc) is 2.73. The van der Waals surface area contributed by atoms with E-state index in [1.165, 1.54) is 11.6 Å². The molecule has 1 saturated heterocycles. The smallest absolute Gasteiger partial charge is 0.314 e. The van der Waals surface area contributed by atoms with Gasteiger partial charge in [-0.15, -0.1) is 0 Å². The molecule has 0 aliphatic carbocycles. The van der Waals surface area contributed by atoms with Gasteiger partial charge in [0.05, 0.1) is 6.10 Å². The van der Waals surface area contributed by atoms with Crippen molar-refractivity contribution in [3.05, 3.63) is 65.7 Å². The number of phenolic OH excluding ortho intramolecular Hbond substituents is 1. The maximum absolute atomic E-state index is 11.9. The van der Waals surface area contributed by atoms with Crippen LogP contribution in [0.1, 0.15) is 36.0 Å². The van der Waals surface area contributed by atoms with Gasteiger partial charge in [-0.3, -0.25) is 0 Å². The molecule has 1 atom stereocenters. The summed E-state index contributed by atoms with van der Waals surface area (Å²) < 4.78 is 0. The number of amides is 2. The second-order valence-corrected chi connectivity index (χ2v) is 7.27. The second kappa shape index (κ2) is 10.1. The van der Waals surface area contributed by atoms with Gasteiger partial charge in [-0.25, -0.2) is 4.79 Å². The molecule has 150 valence electrons. The Labute approximate surface area is 166 Å². The van der Waals surface area contributed by atoms with Crippen LogP contribution < -0.4 is 10.6 Å². The van der Waals surface area contributed by atoms with Crippen molar-refractivity contribution in [1.82, 2.24) is 15.5 Å². The van der Waals surface area contributed by atoms with E-state index in [2.05, 4.69) is 45.9 Å². The van der Waals surface area contributed by atoms with Gasteiger partial charge in [0.25, 0.3) is 0 Å². The fraction of sp³-hybridized carbons (Fsp3) is 0.409. The molecule has 0 saturated carbocycles. The molecule has 0 aromatic heterocycles. The van der Waals surface area contributed by atoms with Crippen molar-refractivity contribution in [3.63, 3.8) is 0 Å². The van der Waals surface area contributed by atoms with Crippen LogP contribution in [0.25, 0.3) is 0 Å². The highest BCUT2D eigenvalue weighted by Crippen LogP contribution is 2.27. The van der Waals surface area contributed by atoms with Crippen LogP contribution in [0.4, 0.5) is 4.79 Å². The quantitative estimate of drug-likeness (QED) is 0.592. The predicted molar refractivity (Wildman–Crippen MR) is 109 cm³/mol. The molecule has 4 N–H and O–H groups in total. The van der Waals surface area contributed by atoms with Crippen molar-refractivity contribution >= 4 is 6.03 Å². The molecule has 2 aromatic rings. The number of nitrogens with one attached hydrogen (secondary N) is 2. The van der Waals surface area contributed by atoms with Crippen molar-refractivity contribution in [2.24, 2.45) is 0 Å². The lowest BCUT2D eigenvalue weighted by molar-refractivity contribution is 0.172. The minimum Gasteiger partial charge on any atom is -0.508 e. The van der Waals surface area contributed by atoms with Crippen molar-refractivity contribution in [2.45, 2.75) is 24.9 Å². The number of nitrogens with zero attached hydrogens (tertiary/aromatic N) is 1. The van der Waals surface area contributed by atoms with Gasteiger partial charge in [-0.1, -0.05) is 42.5 Å². The number of phenols is 1. The Morgan fingerprint density at radius 3 is 2.54 bits per heavy atom. The summed E-state index contributed by atoms with van der Waals surface area (Å²) in [6.07, 6.45) is 1.44. The third-order valence-corrected chi connectivity index (χ3v) is 5.28. The number of aromatic hydroxyl groups is 1. The minimum atomic E-state index is -0.852. The summed E-state index contributed by atoms with van der Waals surface area (Å²) in [5, 5.41) is 25.0. The molecule has 2 amide bonds. The molecule has 2 aromatic carbocycles. The summed E-state index contributed by atoms with van der Waals surface area (Å²) in [5.41, 5.74) is 1.99. The average molecular weight is 383 g/mol. The molecular weight excluding hydrogens is 354 g/mol. The molecule has 0 bridgehead atoms. The summed E-state index contributed by atoms with van der Waals surface area (Å²) in [7, 11) is 0. The van der Waals surface area contributed by atoms with E-state index in [1.54, 1.807) is 18.2 Å². The first-order valence-corrected chi connectivity index (χ1v) is 9.88. The molecular formula is C22H29N3O3. The van der Waals surface area contributed by atoms with Crippen LogP contribution >= 0.6 is 0 Å². The Kier molecular flexibility index (Phi) is 7.28. The molecule has 1 unspecified atom stereocenters. The number of hydrogen-bond donors (Lipinski definition) is 4. The molecule has 1 aliphatic heterocycles. The number of urea groups is 1. The molecule has 1 heterocycles. The fourth-order valence-electron chi connectivity index (χ4n) is 3.64. The first kappa shape index (κ1) is 20.2. The fourth-order valence-corrected chi connectivity index (χ4v) is 3.64. The van der Waals surface area contributed by atoms with Gasteiger partial charge in [0.2, 0.25) is 0 Å². The molecule has 6 heteroatoms. The van der Waals surface area contributed by atoms with Gasteiger partial charge in [-0.05, 0) is 55.1 Å². The third-order valence-electron chi connectivity index (χ3n) is 5.28. The van der Waals surface area contributed by atoms with E-state index >= 15 is 0 Å². The lowest BCUT2D eigenvalue weighted by Gasteiger charge is -2.32. The van der Waals surface area contributed by atoms with Gasteiger partial charge in [0.15, 0.2) is 0 Å². The number of aliphatic hydroxyl groups is 1. The number of carbonyl (C=O) groups is 1. The Bertz CT molecular complexity index is 746. The Morgan fingerprint density at radius 2 is 1.82 bits per heavy atom. The molecule has 0 spiro atoms. The van der Waals surface area contributed by atoms with E-state index in [-0.39, 0.29) is 18.3 Å². The first-order chi connectivity index (χ1) is 13.6. The van der Waals surface area contributed by atoms with Crippen LogP contribution in [0.15, 0.2) is 54.6 Å². The normalized spacial score (nSPS) is 16.5. The first-order valence-electron chi connectivity index (χ1n) is 9.88. The number of likely N-dealkylation sites (tertiary alicyclic amines) is 1. The summed E-state index contributed by atoms with van der Waals surface area (Å²) in [6, 6.07) is 16.8. The van der Waals surface area contributed by atoms with Gasteiger partial charge in [0.1, 0.15) is 5.75 Å². The zero-order valence-electron chi connectivity index (χ0n) is 16.1. The summed E-state index contributed by atoms with van der Waals surface area (Å²) in [5.74, 6) is 0.727. The van der Waals surface area contributed by atoms with Gasteiger partial charge < -0.3 is 25.7 Å². The molecule has 0 radical (unpaired) electrons. The lowest BCUT2D eigenvalue weighted by atomic mass is 9.89. The van der Waals surface area contributed by atoms with E-state index in [1.807, 2.05) is 0 Å². The van der Waals surface area contributed by atoms with Gasteiger partial charge in [0, 0.05) is 19.6 Å². The van der Waals surface area contributed by atoms with Crippen LogP contribution in [-0.2, 0) is 0 Å². The van der Waals surface area contributed by atoms with E-state index in [0.29, 0.717) is 18.0 Å². The predicted octanol–water partition coefficient (Wildman–Crippen LogP) is 2.60. The Hall–Kier alpha value is -2.57. The Balaban J connectivity index is 1.30. The SMILES string of the molecule is O=C(NCCN1CCC(c2ccccc2)CC1)NCC(O)c1cccc(O)c1. The van der Waals surface area contributed by atoms with Crippen LogP contribution in [0, 0.1) is 0 Å². The number of carbonyl (C=O) groups excluding carboxylic acids is 1. The van der Waals surface area contributed by atoms with Crippen LogP contribution in [0.3, 0.4) is 0 Å². The number of aliphatic hydroxyl groups excluding tert-OH is 1. The molecule has 3 rings (SSSR count). The molecule has 6 nitrogen and oxygen atoms in total. The summed E-state index contributed by atoms with van der Waals surface area (Å²) >= 11 is 0. The van der Waals surface area contributed by atoms with Crippen molar-refractivity contribution in [2.75, 3.05) is 32.7 Å². The highest BCUT2D eigenvalue weighted by Gasteiger charge is 2.20. The summed E-state index contributed by atoms with van der Waals surface area (Å²) in [4.78, 5) is 14.3. The monoisotopic (exact) mass is 383 g/mol. The topological polar surface area (TPSA) is 84.8 Å². The van der Waals surface area contributed by atoms with E-state index in [9.17, 15) is 15.0 Å². The van der Waals surface area contributed by atoms with Gasteiger partial charge in [-0.2, -0.15) is 0 Å². The zero-order valence-corrected chi connectivity index (χ0v) is 16.1. The van der Waals surface area contributed by atoms with E-state index in [0.717, 1.165) is 32.5 Å². The number of rotatable bonds is 7. The number of benzene rings is 2. The van der Waals surface area contributed by atoms with Crippen LogP contribution in [0.2, 0.25) is 0 Å². The summed E-state index contributed by atoms with van der Waals surface area (Å²) in [6.45, 7) is 3.57. The molecule has 28 heavy (non-hydrogen) atoms. The van der Waals surface area contributed by atoms with Crippen LogP contribution in [0.5, 0.6) is 5.75 Å². The van der Waals surface area contributed by atoms with Crippen molar-refractivity contribution < 1.29 is 15.0 Å². The lowest BCUT2D eigenvalue weighted by Crippen LogP contribution is -2.43. The Morgan fingerprint density at radius 1 is 1.07 bits per heavy atom. The highest BCUT2D eigenvalue weighted by atomic mass is 16.3. The van der Waals surface area contributed by atoms with E-state index in [4.69, 9.17) is 0 Å². The number of piperidine rings is 1. The highest BCUT2D eigenvalue weighted by molar-refractivity contribution is 5.73. The van der Waals surface area contributed by atoms with Crippen molar-refractivity contribution in [3.8, 4) is 5.75 Å². The molecule has 1 fully saturated rings. The van der Waals surface area contributed by atoms with Crippen LogP contribution in [-0.4, -0.2) is 53.9 Å². The van der Waals surface area contributed by atoms with E-state index < -0.39 is 6.10 Å². The van der Waals surface area contributed by atoms with Gasteiger partial charge >= 0.3 is 6.03 Å². The number of hydrogen-bond acceptors (Lipinski definition) is 4. The maximum atomic E-state index is 11.9. The third kappa shape index (κ3) is 5.97. The zero-order chi connectivity index (χ0) is 19.8. The van der Waals surface area contributed by atoms with Crippen molar-refractivity contribution in [1.29, 1.82) is 0 Å². The second-order valence-electron chi connectivity index (χ2n) is 7.27. The largest absolute Gasteiger partial charge is 0.508 e. The minimum absolute atomic E-state index is 0.0945. The maximum Gasteiger partial charge on any atom is 0.314 e. The molecule has 1 aliphatic rings.